The zero-order valence-electron chi connectivity index (χ0n) is 18.6. The van der Waals surface area contributed by atoms with Crippen molar-refractivity contribution in [3.63, 3.8) is 0 Å². The number of rotatable bonds is 9. The minimum Gasteiger partial charge on any atom is -0.493 e. The first kappa shape index (κ1) is 24.3. The van der Waals surface area contributed by atoms with Gasteiger partial charge in [0.2, 0.25) is 5.91 Å². The van der Waals surface area contributed by atoms with Crippen molar-refractivity contribution < 1.29 is 28.5 Å². The van der Waals surface area contributed by atoms with Crippen molar-refractivity contribution in [2.24, 2.45) is 0 Å². The van der Waals surface area contributed by atoms with E-state index < -0.39 is 6.16 Å². The van der Waals surface area contributed by atoms with Gasteiger partial charge < -0.3 is 24.3 Å². The second-order valence-electron chi connectivity index (χ2n) is 7.19. The highest BCUT2D eigenvalue weighted by molar-refractivity contribution is 7.16. The van der Waals surface area contributed by atoms with Crippen LogP contribution < -0.4 is 10.1 Å². The quantitative estimate of drug-likeness (QED) is 0.330. The maximum absolute atomic E-state index is 12.5. The molecule has 1 aliphatic carbocycles. The van der Waals surface area contributed by atoms with Crippen LogP contribution in [0.25, 0.3) is 6.08 Å². The van der Waals surface area contributed by atoms with Crippen LogP contribution in [0.3, 0.4) is 0 Å². The predicted octanol–water partition coefficient (Wildman–Crippen LogP) is 4.33. The predicted molar refractivity (Wildman–Crippen MR) is 124 cm³/mol. The fourth-order valence-corrected chi connectivity index (χ4v) is 4.73. The Morgan fingerprint density at radius 2 is 2.12 bits per heavy atom. The Bertz CT molecular complexity index is 1060. The van der Waals surface area contributed by atoms with Crippen molar-refractivity contribution in [2.75, 3.05) is 32.2 Å². The van der Waals surface area contributed by atoms with Crippen molar-refractivity contribution in [3.8, 4) is 11.8 Å². The van der Waals surface area contributed by atoms with Crippen LogP contribution in [0.5, 0.6) is 5.75 Å². The fraction of sp³-hybridized carbons (Fsp3) is 0.375. The van der Waals surface area contributed by atoms with Crippen LogP contribution in [0.4, 0.5) is 9.80 Å². The summed E-state index contributed by atoms with van der Waals surface area (Å²) in [6, 6.07) is 9.64. The maximum atomic E-state index is 12.5. The number of hydrogen-bond donors (Lipinski definition) is 1. The van der Waals surface area contributed by atoms with Crippen LogP contribution in [0.1, 0.15) is 34.9 Å². The Morgan fingerprint density at radius 3 is 2.88 bits per heavy atom. The molecule has 0 radical (unpaired) electrons. The average molecular weight is 471 g/mol. The third-order valence-electron chi connectivity index (χ3n) is 4.97. The molecule has 174 valence electrons. The molecule has 3 rings (SSSR count). The lowest BCUT2D eigenvalue weighted by Crippen LogP contribution is -2.26. The van der Waals surface area contributed by atoms with Crippen LogP contribution in [-0.2, 0) is 31.8 Å². The molecule has 1 aromatic carbocycles. The number of nitriles is 1. The Balaban J connectivity index is 1.65. The number of para-hydroxylation sites is 1. The molecule has 0 saturated heterocycles. The molecule has 0 aliphatic heterocycles. The van der Waals surface area contributed by atoms with Crippen molar-refractivity contribution in [3.05, 3.63) is 51.9 Å². The molecule has 2 aromatic rings. The molecule has 33 heavy (non-hydrogen) atoms. The van der Waals surface area contributed by atoms with Crippen LogP contribution in [0, 0.1) is 11.3 Å². The van der Waals surface area contributed by atoms with Gasteiger partial charge in [0.05, 0.1) is 18.8 Å². The molecule has 9 heteroatoms. The summed E-state index contributed by atoms with van der Waals surface area (Å²) >= 11 is 1.33. The Labute approximate surface area is 196 Å². The van der Waals surface area contributed by atoms with E-state index in [0.717, 1.165) is 16.0 Å². The number of benzene rings is 1. The minimum absolute atomic E-state index is 0.129. The number of hydrogen-bond acceptors (Lipinski definition) is 8. The number of amides is 1. The summed E-state index contributed by atoms with van der Waals surface area (Å²) < 4.78 is 20.7. The molecule has 1 aliphatic rings. The third kappa shape index (κ3) is 6.57. The van der Waals surface area contributed by atoms with Crippen LogP contribution in [0.2, 0.25) is 0 Å². The molecular weight excluding hydrogens is 444 g/mol. The standard InChI is InChI=1S/C24H26N2O6S/c1-3-30-20-7-5-4-6-16(20)8-11-22(27)26-23-19(15-25)18-10-9-17(14-21(18)33-23)32-24(28)31-13-12-29-2/h4-8,11,17H,3,9-10,12-14H2,1-2H3,(H,26,27)/b11-8+. The number of fused-ring (bicyclic) bond motifs is 1. The van der Waals surface area contributed by atoms with Crippen molar-refractivity contribution in [1.82, 2.24) is 0 Å². The minimum atomic E-state index is -0.733. The second-order valence-corrected chi connectivity index (χ2v) is 8.29. The normalized spacial score (nSPS) is 14.9. The molecule has 8 nitrogen and oxygen atoms in total. The van der Waals surface area contributed by atoms with Crippen molar-refractivity contribution in [2.45, 2.75) is 32.3 Å². The van der Waals surface area contributed by atoms with E-state index in [1.165, 1.54) is 24.5 Å². The SMILES string of the molecule is CCOc1ccccc1/C=C/C(=O)Nc1sc2c(c1C#N)CCC(OC(=O)OCCOC)C2. The first-order chi connectivity index (χ1) is 16.0. The molecule has 1 unspecified atom stereocenters. The number of nitrogens with zero attached hydrogens (tertiary/aromatic N) is 1. The lowest BCUT2D eigenvalue weighted by atomic mass is 9.94. The maximum Gasteiger partial charge on any atom is 0.508 e. The summed E-state index contributed by atoms with van der Waals surface area (Å²) in [6.07, 6.45) is 3.66. The molecule has 1 aromatic heterocycles. The van der Waals surface area contributed by atoms with Crippen LogP contribution in [0.15, 0.2) is 30.3 Å². The zero-order chi connectivity index (χ0) is 23.6. The highest BCUT2D eigenvalue weighted by Crippen LogP contribution is 2.38. The molecule has 0 bridgehead atoms. The molecule has 0 saturated carbocycles. The van der Waals surface area contributed by atoms with Gasteiger partial charge in [0.1, 0.15) is 29.5 Å². The monoisotopic (exact) mass is 470 g/mol. The zero-order valence-corrected chi connectivity index (χ0v) is 19.4. The van der Waals surface area contributed by atoms with Gasteiger partial charge in [-0.25, -0.2) is 4.79 Å². The van der Waals surface area contributed by atoms with Gasteiger partial charge in [-0.05, 0) is 37.5 Å². The summed E-state index contributed by atoms with van der Waals surface area (Å²) in [5, 5.41) is 13.0. The highest BCUT2D eigenvalue weighted by atomic mass is 32.1. The van der Waals surface area contributed by atoms with Crippen LogP contribution in [-0.4, -0.2) is 45.1 Å². The van der Waals surface area contributed by atoms with E-state index in [1.807, 2.05) is 31.2 Å². The summed E-state index contributed by atoms with van der Waals surface area (Å²) in [7, 11) is 1.52. The van der Waals surface area contributed by atoms with Crippen molar-refractivity contribution >= 4 is 34.5 Å². The van der Waals surface area contributed by atoms with Gasteiger partial charge in [0, 0.05) is 30.0 Å². The van der Waals surface area contributed by atoms with E-state index in [-0.39, 0.29) is 18.6 Å². The fourth-order valence-electron chi connectivity index (χ4n) is 3.47. The third-order valence-corrected chi connectivity index (χ3v) is 6.14. The number of nitrogens with one attached hydrogen (secondary N) is 1. The highest BCUT2D eigenvalue weighted by Gasteiger charge is 2.28. The molecule has 1 N–H and O–H groups in total. The Morgan fingerprint density at radius 1 is 1.30 bits per heavy atom. The Kier molecular flexibility index (Phi) is 8.87. The number of methoxy groups -OCH3 is 1. The first-order valence-electron chi connectivity index (χ1n) is 10.6. The Hall–Kier alpha value is -3.35. The number of carbonyl (C=O) groups excluding carboxylic acids is 2. The van der Waals surface area contributed by atoms with Gasteiger partial charge in [-0.3, -0.25) is 4.79 Å². The lowest BCUT2D eigenvalue weighted by Gasteiger charge is -2.21. The average Bonchev–Trinajstić information content (AvgIpc) is 3.14. The van der Waals surface area contributed by atoms with Crippen molar-refractivity contribution in [1.29, 1.82) is 5.26 Å². The van der Waals surface area contributed by atoms with Gasteiger partial charge in [-0.2, -0.15) is 5.26 Å². The van der Waals surface area contributed by atoms with E-state index in [1.54, 1.807) is 6.08 Å². The van der Waals surface area contributed by atoms with E-state index in [0.29, 0.717) is 48.8 Å². The summed E-state index contributed by atoms with van der Waals surface area (Å²) in [4.78, 5) is 25.3. The number of carbonyl (C=O) groups is 2. The topological polar surface area (TPSA) is 107 Å². The van der Waals surface area contributed by atoms with Gasteiger partial charge in [0.15, 0.2) is 0 Å². The molecule has 0 spiro atoms. The molecule has 1 atom stereocenters. The van der Waals surface area contributed by atoms with Gasteiger partial charge in [0.25, 0.3) is 0 Å². The molecule has 1 amide bonds. The number of anilines is 1. The van der Waals surface area contributed by atoms with Gasteiger partial charge >= 0.3 is 6.16 Å². The molecule has 0 fully saturated rings. The number of ether oxygens (including phenoxy) is 4. The van der Waals surface area contributed by atoms with E-state index in [4.69, 9.17) is 18.9 Å². The van der Waals surface area contributed by atoms with Gasteiger partial charge in [-0.15, -0.1) is 11.3 Å². The second kappa shape index (κ2) is 12.0. The summed E-state index contributed by atoms with van der Waals surface area (Å²) in [5.74, 6) is 0.353. The largest absolute Gasteiger partial charge is 0.508 e. The van der Waals surface area contributed by atoms with E-state index in [9.17, 15) is 14.9 Å². The first-order valence-corrected chi connectivity index (χ1v) is 11.4. The summed E-state index contributed by atoms with van der Waals surface area (Å²) in [6.45, 7) is 2.85. The summed E-state index contributed by atoms with van der Waals surface area (Å²) in [5.41, 5.74) is 2.15. The van der Waals surface area contributed by atoms with Crippen LogP contribution >= 0.6 is 11.3 Å². The van der Waals surface area contributed by atoms with Gasteiger partial charge in [-0.1, -0.05) is 18.2 Å². The van der Waals surface area contributed by atoms with E-state index >= 15 is 0 Å². The molecule has 1 heterocycles. The lowest BCUT2D eigenvalue weighted by molar-refractivity contribution is -0.111. The molecular formula is C24H26N2O6S. The smallest absolute Gasteiger partial charge is 0.493 e. The number of thiophene rings is 1. The van der Waals surface area contributed by atoms with E-state index in [2.05, 4.69) is 11.4 Å².